The summed E-state index contributed by atoms with van der Waals surface area (Å²) in [5.74, 6) is 0. The van der Waals surface area contributed by atoms with Crippen molar-refractivity contribution in [3.63, 3.8) is 0 Å². The van der Waals surface area contributed by atoms with E-state index in [-0.39, 0.29) is 0 Å². The number of anilines is 1. The van der Waals surface area contributed by atoms with Crippen molar-refractivity contribution < 1.29 is 0 Å². The van der Waals surface area contributed by atoms with Crippen molar-refractivity contribution in [2.24, 2.45) is 5.73 Å². The quantitative estimate of drug-likeness (QED) is 0.794. The van der Waals surface area contributed by atoms with E-state index in [0.29, 0.717) is 18.6 Å². The van der Waals surface area contributed by atoms with Gasteiger partial charge < -0.3 is 15.5 Å². The van der Waals surface area contributed by atoms with E-state index in [1.165, 1.54) is 24.2 Å². The first-order valence-electron chi connectivity index (χ1n) is 9.71. The smallest absolute Gasteiger partial charge is 0.0474 e. The summed E-state index contributed by atoms with van der Waals surface area (Å²) in [7, 11) is 0. The monoisotopic (exact) mass is 332 g/mol. The Bertz CT molecular complexity index is 469. The van der Waals surface area contributed by atoms with Crippen LogP contribution in [0.5, 0.6) is 0 Å². The molecule has 2 unspecified atom stereocenters. The molecule has 0 aliphatic carbocycles. The van der Waals surface area contributed by atoms with Crippen LogP contribution >= 0.6 is 0 Å². The molecule has 0 spiro atoms. The number of likely N-dealkylation sites (N-methyl/N-ethyl adjacent to an activating group) is 1. The van der Waals surface area contributed by atoms with Gasteiger partial charge in [0.25, 0.3) is 0 Å². The Hall–Kier alpha value is -1.10. The molecular weight excluding hydrogens is 296 g/mol. The average molecular weight is 333 g/mol. The molecule has 0 amide bonds. The molecule has 1 aromatic carbocycles. The van der Waals surface area contributed by atoms with Crippen molar-refractivity contribution in [1.29, 1.82) is 0 Å². The minimum Gasteiger partial charge on any atom is -0.372 e. The van der Waals surface area contributed by atoms with Crippen LogP contribution < -0.4 is 10.6 Å². The van der Waals surface area contributed by atoms with Gasteiger partial charge in [-0.25, -0.2) is 0 Å². The molecule has 1 aromatic rings. The van der Waals surface area contributed by atoms with Crippen molar-refractivity contribution in [3.8, 4) is 0 Å². The normalized spacial score (nSPS) is 21.0. The topological polar surface area (TPSA) is 35.7 Å². The SMILES string of the molecule is CCC1CN(CC)CCN1C(CN)c1ccc(N(CC)CC)cc1. The molecule has 0 radical (unpaired) electrons. The van der Waals surface area contributed by atoms with Gasteiger partial charge in [0.05, 0.1) is 0 Å². The molecule has 4 nitrogen and oxygen atoms in total. The summed E-state index contributed by atoms with van der Waals surface area (Å²) < 4.78 is 0. The standard InChI is InChI=1S/C20H36N4/c1-5-18-16-22(6-2)13-14-24(18)20(15-21)17-9-11-19(12-10-17)23(7-3)8-4/h9-12,18,20H,5-8,13-16,21H2,1-4H3. The van der Waals surface area contributed by atoms with E-state index < -0.39 is 0 Å². The van der Waals surface area contributed by atoms with Crippen LogP contribution in [0.25, 0.3) is 0 Å². The summed E-state index contributed by atoms with van der Waals surface area (Å²) in [5.41, 5.74) is 8.87. The van der Waals surface area contributed by atoms with Gasteiger partial charge in [-0.3, -0.25) is 4.90 Å². The zero-order valence-electron chi connectivity index (χ0n) is 16.0. The number of nitrogens with zero attached hydrogens (tertiary/aromatic N) is 3. The molecule has 1 aliphatic rings. The average Bonchev–Trinajstić information content (AvgIpc) is 2.64. The first-order valence-corrected chi connectivity index (χ1v) is 9.71. The van der Waals surface area contributed by atoms with Crippen molar-refractivity contribution in [2.45, 2.75) is 46.2 Å². The summed E-state index contributed by atoms with van der Waals surface area (Å²) >= 11 is 0. The summed E-state index contributed by atoms with van der Waals surface area (Å²) in [5, 5.41) is 0. The highest BCUT2D eigenvalue weighted by Crippen LogP contribution is 2.27. The maximum absolute atomic E-state index is 6.20. The van der Waals surface area contributed by atoms with Gasteiger partial charge in [0.15, 0.2) is 0 Å². The van der Waals surface area contributed by atoms with Gasteiger partial charge >= 0.3 is 0 Å². The lowest BCUT2D eigenvalue weighted by Gasteiger charge is -2.45. The number of benzene rings is 1. The second-order valence-electron chi connectivity index (χ2n) is 6.71. The molecule has 136 valence electrons. The zero-order chi connectivity index (χ0) is 17.5. The van der Waals surface area contributed by atoms with Gasteiger partial charge in [0, 0.05) is 57.0 Å². The largest absolute Gasteiger partial charge is 0.372 e. The molecule has 4 heteroatoms. The van der Waals surface area contributed by atoms with E-state index >= 15 is 0 Å². The molecule has 1 aliphatic heterocycles. The van der Waals surface area contributed by atoms with Crippen LogP contribution in [0.2, 0.25) is 0 Å². The van der Waals surface area contributed by atoms with E-state index in [9.17, 15) is 0 Å². The molecule has 2 atom stereocenters. The highest BCUT2D eigenvalue weighted by atomic mass is 15.3. The number of hydrogen-bond acceptors (Lipinski definition) is 4. The Morgan fingerprint density at radius 3 is 2.25 bits per heavy atom. The minimum atomic E-state index is 0.333. The Kier molecular flexibility index (Phi) is 7.53. The van der Waals surface area contributed by atoms with Gasteiger partial charge in [0.2, 0.25) is 0 Å². The summed E-state index contributed by atoms with van der Waals surface area (Å²) in [4.78, 5) is 7.58. The van der Waals surface area contributed by atoms with Gasteiger partial charge in [-0.05, 0) is 44.5 Å². The first-order chi connectivity index (χ1) is 11.7. The summed E-state index contributed by atoms with van der Waals surface area (Å²) in [6.07, 6.45) is 1.19. The molecule has 0 saturated carbocycles. The number of hydrogen-bond donors (Lipinski definition) is 1. The Morgan fingerprint density at radius 1 is 1.08 bits per heavy atom. The predicted molar refractivity (Wildman–Crippen MR) is 105 cm³/mol. The van der Waals surface area contributed by atoms with E-state index in [0.717, 1.165) is 32.7 Å². The van der Waals surface area contributed by atoms with Crippen molar-refractivity contribution in [2.75, 3.05) is 50.7 Å². The maximum atomic E-state index is 6.20. The highest BCUT2D eigenvalue weighted by Gasteiger charge is 2.30. The first kappa shape index (κ1) is 19.2. The van der Waals surface area contributed by atoms with E-state index in [1.54, 1.807) is 0 Å². The Morgan fingerprint density at radius 2 is 1.75 bits per heavy atom. The van der Waals surface area contributed by atoms with Crippen molar-refractivity contribution in [1.82, 2.24) is 9.80 Å². The number of piperazine rings is 1. The van der Waals surface area contributed by atoms with Gasteiger partial charge in [-0.1, -0.05) is 26.0 Å². The van der Waals surface area contributed by atoms with E-state index in [2.05, 4.69) is 66.7 Å². The summed E-state index contributed by atoms with van der Waals surface area (Å²) in [6, 6.07) is 10.0. The Balaban J connectivity index is 2.15. The van der Waals surface area contributed by atoms with Crippen LogP contribution in [0.4, 0.5) is 5.69 Å². The second kappa shape index (κ2) is 9.40. The fourth-order valence-electron chi connectivity index (χ4n) is 3.95. The second-order valence-corrected chi connectivity index (χ2v) is 6.71. The molecule has 24 heavy (non-hydrogen) atoms. The Labute approximate surface area is 148 Å². The van der Waals surface area contributed by atoms with Crippen LogP contribution in [-0.2, 0) is 0 Å². The number of rotatable bonds is 8. The lowest BCUT2D eigenvalue weighted by molar-refractivity contribution is 0.0427. The van der Waals surface area contributed by atoms with Crippen molar-refractivity contribution in [3.05, 3.63) is 29.8 Å². The minimum absolute atomic E-state index is 0.333. The van der Waals surface area contributed by atoms with Crippen LogP contribution in [-0.4, -0.2) is 61.7 Å². The fourth-order valence-corrected chi connectivity index (χ4v) is 3.95. The summed E-state index contributed by atoms with van der Waals surface area (Å²) in [6.45, 7) is 16.3. The number of nitrogens with two attached hydrogens (primary N) is 1. The van der Waals surface area contributed by atoms with Crippen molar-refractivity contribution >= 4 is 5.69 Å². The van der Waals surface area contributed by atoms with Crippen LogP contribution in [0.3, 0.4) is 0 Å². The molecule has 1 saturated heterocycles. The molecule has 1 fully saturated rings. The molecule has 1 heterocycles. The van der Waals surface area contributed by atoms with Gasteiger partial charge in [-0.15, -0.1) is 0 Å². The molecule has 0 aromatic heterocycles. The molecule has 0 bridgehead atoms. The van der Waals surface area contributed by atoms with Gasteiger partial charge in [0.1, 0.15) is 0 Å². The van der Waals surface area contributed by atoms with E-state index in [1.807, 2.05) is 0 Å². The third-order valence-electron chi connectivity index (χ3n) is 5.56. The molecule has 2 N–H and O–H groups in total. The fraction of sp³-hybridized carbons (Fsp3) is 0.700. The zero-order valence-corrected chi connectivity index (χ0v) is 16.0. The lowest BCUT2D eigenvalue weighted by Crippen LogP contribution is -2.54. The maximum Gasteiger partial charge on any atom is 0.0474 e. The van der Waals surface area contributed by atoms with Gasteiger partial charge in [-0.2, -0.15) is 0 Å². The van der Waals surface area contributed by atoms with Crippen LogP contribution in [0.15, 0.2) is 24.3 Å². The molecular formula is C20H36N4. The lowest BCUT2D eigenvalue weighted by atomic mass is 9.99. The van der Waals surface area contributed by atoms with E-state index in [4.69, 9.17) is 5.73 Å². The van der Waals surface area contributed by atoms with Crippen LogP contribution in [0, 0.1) is 0 Å². The predicted octanol–water partition coefficient (Wildman–Crippen LogP) is 2.95. The third kappa shape index (κ3) is 4.29. The highest BCUT2D eigenvalue weighted by molar-refractivity contribution is 5.47. The van der Waals surface area contributed by atoms with Crippen LogP contribution in [0.1, 0.15) is 45.7 Å². The third-order valence-corrected chi connectivity index (χ3v) is 5.56. The molecule has 2 rings (SSSR count).